The highest BCUT2D eigenvalue weighted by atomic mass is 32.2. The van der Waals surface area contributed by atoms with Crippen molar-refractivity contribution in [1.82, 2.24) is 14.5 Å². The highest BCUT2D eigenvalue weighted by Gasteiger charge is 2.28. The summed E-state index contributed by atoms with van der Waals surface area (Å²) in [5, 5.41) is 4.78. The van der Waals surface area contributed by atoms with Gasteiger partial charge >= 0.3 is 0 Å². The van der Waals surface area contributed by atoms with Crippen LogP contribution < -0.4 is 10.9 Å². The molecule has 1 aromatic carbocycles. The highest BCUT2D eigenvalue weighted by Crippen LogP contribution is 2.34. The standard InChI is InChI=1S/C17H20N4OS/c1-12-9-21-15-14(16(22)19-17(21)23-12)10-20(11-18-15)8-7-13-5-3-2-4-6-13/h2-6,12,18H,7-11H2,1H3/t12-/m0/s1. The number of anilines is 1. The number of rotatable bonds is 3. The highest BCUT2D eigenvalue weighted by molar-refractivity contribution is 7.99. The van der Waals surface area contributed by atoms with Crippen molar-refractivity contribution in [3.63, 3.8) is 0 Å². The molecule has 0 unspecified atom stereocenters. The lowest BCUT2D eigenvalue weighted by atomic mass is 10.1. The number of fused-ring (bicyclic) bond motifs is 3. The van der Waals surface area contributed by atoms with E-state index in [1.54, 1.807) is 11.8 Å². The first kappa shape index (κ1) is 14.8. The molecule has 2 aromatic rings. The van der Waals surface area contributed by atoms with E-state index in [4.69, 9.17) is 0 Å². The predicted molar refractivity (Wildman–Crippen MR) is 92.9 cm³/mol. The molecule has 2 aliphatic heterocycles. The largest absolute Gasteiger partial charge is 0.358 e. The molecule has 0 saturated heterocycles. The van der Waals surface area contributed by atoms with Gasteiger partial charge in [0.2, 0.25) is 0 Å². The van der Waals surface area contributed by atoms with Crippen LogP contribution in [0.4, 0.5) is 5.82 Å². The molecule has 0 amide bonds. The van der Waals surface area contributed by atoms with Crippen molar-refractivity contribution in [3.8, 4) is 0 Å². The summed E-state index contributed by atoms with van der Waals surface area (Å²) < 4.78 is 2.17. The van der Waals surface area contributed by atoms with E-state index in [1.165, 1.54) is 5.56 Å². The summed E-state index contributed by atoms with van der Waals surface area (Å²) >= 11 is 1.68. The van der Waals surface area contributed by atoms with Gasteiger partial charge in [-0.25, -0.2) is 0 Å². The van der Waals surface area contributed by atoms with Gasteiger partial charge in [0.05, 0.1) is 12.2 Å². The molecule has 1 atom stereocenters. The van der Waals surface area contributed by atoms with E-state index in [2.05, 4.69) is 51.0 Å². The number of hydrogen-bond donors (Lipinski definition) is 1. The summed E-state index contributed by atoms with van der Waals surface area (Å²) in [4.78, 5) is 18.9. The fourth-order valence-electron chi connectivity index (χ4n) is 3.21. The summed E-state index contributed by atoms with van der Waals surface area (Å²) in [6.45, 7) is 5.49. The van der Waals surface area contributed by atoms with Gasteiger partial charge in [-0.2, -0.15) is 4.98 Å². The lowest BCUT2D eigenvalue weighted by molar-refractivity contribution is 0.274. The summed E-state index contributed by atoms with van der Waals surface area (Å²) in [5.74, 6) is 0.979. The molecule has 0 fully saturated rings. The molecule has 0 aliphatic carbocycles. The average Bonchev–Trinajstić information content (AvgIpc) is 2.94. The van der Waals surface area contributed by atoms with Gasteiger partial charge in [-0.05, 0) is 12.0 Å². The second-order valence-corrected chi connectivity index (χ2v) is 7.59. The first-order valence-corrected chi connectivity index (χ1v) is 8.89. The lowest BCUT2D eigenvalue weighted by Gasteiger charge is -2.30. The SMILES string of the molecule is C[C@H]1Cn2c(nc(=O)c3c2NCN(CCc2ccccc2)C3)S1. The van der Waals surface area contributed by atoms with Gasteiger partial charge in [0, 0.05) is 24.9 Å². The van der Waals surface area contributed by atoms with Gasteiger partial charge in [0.1, 0.15) is 5.82 Å². The lowest BCUT2D eigenvalue weighted by Crippen LogP contribution is -2.40. The van der Waals surface area contributed by atoms with Gasteiger partial charge in [0.15, 0.2) is 5.16 Å². The maximum absolute atomic E-state index is 12.3. The molecule has 2 aliphatic rings. The first-order chi connectivity index (χ1) is 11.2. The Bertz CT molecular complexity index is 774. The van der Waals surface area contributed by atoms with Crippen LogP contribution in [0.5, 0.6) is 0 Å². The molecule has 6 heteroatoms. The Balaban J connectivity index is 1.52. The minimum atomic E-state index is -0.0789. The van der Waals surface area contributed by atoms with E-state index < -0.39 is 0 Å². The summed E-state index contributed by atoms with van der Waals surface area (Å²) in [5.41, 5.74) is 2.06. The monoisotopic (exact) mass is 328 g/mol. The van der Waals surface area contributed by atoms with E-state index in [-0.39, 0.29) is 5.56 Å². The smallest absolute Gasteiger partial charge is 0.280 e. The van der Waals surface area contributed by atoms with Crippen LogP contribution in [-0.2, 0) is 19.5 Å². The molecule has 3 heterocycles. The topological polar surface area (TPSA) is 50.2 Å². The zero-order valence-electron chi connectivity index (χ0n) is 13.2. The van der Waals surface area contributed by atoms with Crippen molar-refractivity contribution in [2.45, 2.75) is 36.8 Å². The molecule has 1 aromatic heterocycles. The van der Waals surface area contributed by atoms with E-state index >= 15 is 0 Å². The van der Waals surface area contributed by atoms with Gasteiger partial charge in [-0.3, -0.25) is 9.69 Å². The molecule has 4 rings (SSSR count). The Morgan fingerprint density at radius 2 is 2.17 bits per heavy atom. The van der Waals surface area contributed by atoms with Crippen LogP contribution in [0.1, 0.15) is 18.1 Å². The summed E-state index contributed by atoms with van der Waals surface area (Å²) in [7, 11) is 0. The van der Waals surface area contributed by atoms with Gasteiger partial charge in [0.25, 0.3) is 5.56 Å². The number of nitrogens with zero attached hydrogens (tertiary/aromatic N) is 3. The fraction of sp³-hybridized carbons (Fsp3) is 0.412. The van der Waals surface area contributed by atoms with Crippen molar-refractivity contribution in [2.24, 2.45) is 0 Å². The third-order valence-corrected chi connectivity index (χ3v) is 5.47. The molecule has 23 heavy (non-hydrogen) atoms. The Kier molecular flexibility index (Phi) is 3.87. The van der Waals surface area contributed by atoms with E-state index in [0.29, 0.717) is 11.8 Å². The van der Waals surface area contributed by atoms with Gasteiger partial charge in [-0.15, -0.1) is 0 Å². The molecular formula is C17H20N4OS. The number of aromatic nitrogens is 2. The minimum Gasteiger partial charge on any atom is -0.358 e. The molecule has 120 valence electrons. The zero-order chi connectivity index (χ0) is 15.8. The number of hydrogen-bond acceptors (Lipinski definition) is 5. The summed E-state index contributed by atoms with van der Waals surface area (Å²) in [6.07, 6.45) is 0.991. The van der Waals surface area contributed by atoms with Crippen LogP contribution in [0.15, 0.2) is 40.3 Å². The minimum absolute atomic E-state index is 0.0789. The van der Waals surface area contributed by atoms with Crippen LogP contribution in [-0.4, -0.2) is 32.9 Å². The average molecular weight is 328 g/mol. The molecule has 0 saturated carbocycles. The van der Waals surface area contributed by atoms with E-state index in [1.807, 2.05) is 6.07 Å². The quantitative estimate of drug-likeness (QED) is 0.875. The number of thioether (sulfide) groups is 1. The van der Waals surface area contributed by atoms with E-state index in [9.17, 15) is 4.79 Å². The molecule has 0 bridgehead atoms. The third kappa shape index (κ3) is 2.88. The van der Waals surface area contributed by atoms with Crippen LogP contribution in [0.3, 0.4) is 0 Å². The van der Waals surface area contributed by atoms with Crippen LogP contribution >= 0.6 is 11.8 Å². The van der Waals surface area contributed by atoms with Crippen molar-refractivity contribution in [1.29, 1.82) is 0 Å². The molecule has 1 N–H and O–H groups in total. The van der Waals surface area contributed by atoms with Crippen molar-refractivity contribution in [3.05, 3.63) is 51.8 Å². The van der Waals surface area contributed by atoms with Crippen molar-refractivity contribution in [2.75, 3.05) is 18.5 Å². The van der Waals surface area contributed by atoms with Crippen LogP contribution in [0.2, 0.25) is 0 Å². The number of benzene rings is 1. The van der Waals surface area contributed by atoms with Crippen LogP contribution in [0.25, 0.3) is 0 Å². The molecular weight excluding hydrogens is 308 g/mol. The zero-order valence-corrected chi connectivity index (χ0v) is 14.0. The first-order valence-electron chi connectivity index (χ1n) is 8.01. The van der Waals surface area contributed by atoms with Crippen molar-refractivity contribution >= 4 is 17.6 Å². The second-order valence-electron chi connectivity index (χ2n) is 6.19. The molecule has 5 nitrogen and oxygen atoms in total. The second kappa shape index (κ2) is 6.02. The Morgan fingerprint density at radius 3 is 3.00 bits per heavy atom. The number of nitrogens with one attached hydrogen (secondary N) is 1. The van der Waals surface area contributed by atoms with Crippen LogP contribution in [0, 0.1) is 0 Å². The van der Waals surface area contributed by atoms with Gasteiger partial charge < -0.3 is 9.88 Å². The molecule has 0 radical (unpaired) electrons. The van der Waals surface area contributed by atoms with E-state index in [0.717, 1.165) is 42.7 Å². The third-order valence-electron chi connectivity index (χ3n) is 4.40. The fourth-order valence-corrected chi connectivity index (χ4v) is 4.22. The summed E-state index contributed by atoms with van der Waals surface area (Å²) in [6, 6.07) is 10.5. The predicted octanol–water partition coefficient (Wildman–Crippen LogP) is 2.17. The maximum Gasteiger partial charge on any atom is 0.280 e. The Morgan fingerprint density at radius 1 is 1.35 bits per heavy atom. The maximum atomic E-state index is 12.3. The Labute approximate surface area is 139 Å². The molecule has 0 spiro atoms. The van der Waals surface area contributed by atoms with Gasteiger partial charge in [-0.1, -0.05) is 49.0 Å². The Hall–Kier alpha value is -1.79. The van der Waals surface area contributed by atoms with Crippen molar-refractivity contribution < 1.29 is 0 Å². The normalized spacial score (nSPS) is 20.0.